The molecule has 0 saturated heterocycles. The molecule has 0 fully saturated rings. The van der Waals surface area contributed by atoms with Crippen molar-refractivity contribution in [3.8, 4) is 0 Å². The van der Waals surface area contributed by atoms with E-state index in [0.29, 0.717) is 0 Å². The lowest BCUT2D eigenvalue weighted by Gasteiger charge is -2.08. The van der Waals surface area contributed by atoms with Gasteiger partial charge in [-0.2, -0.15) is 0 Å². The fraction of sp³-hybridized carbons (Fsp3) is 0.577. The third kappa shape index (κ3) is 12.3. The fourth-order valence-electron chi connectivity index (χ4n) is 8.93. The summed E-state index contributed by atoms with van der Waals surface area (Å²) in [5.41, 5.74) is 0. The standard InChI is InChI=1S/C52H72S2/c1-3-5-7-9-11-13-15-17-19-21-23-25-27-29-45-35-43-37-49-41(39-51(43)53-45)31-33-48-47(49)34-32-42-40-52-44(38-50(42)48)36-46(54-52)30-28-26-24-22-20-18-16-14-12-10-8-6-4-2/h31-40H,3-30H2,1-2H3. The summed E-state index contributed by atoms with van der Waals surface area (Å²) in [6.45, 7) is 4.61. The van der Waals surface area contributed by atoms with Crippen molar-refractivity contribution in [2.75, 3.05) is 0 Å². The lowest BCUT2D eigenvalue weighted by molar-refractivity contribution is 0.539. The molecular weight excluding hydrogens is 689 g/mol. The molecule has 6 aromatic rings. The van der Waals surface area contributed by atoms with E-state index >= 15 is 0 Å². The molecule has 2 heterocycles. The summed E-state index contributed by atoms with van der Waals surface area (Å²) in [5.74, 6) is 0. The average molecular weight is 761 g/mol. The maximum Gasteiger partial charge on any atom is 0.0352 e. The highest BCUT2D eigenvalue weighted by atomic mass is 32.1. The van der Waals surface area contributed by atoms with E-state index in [9.17, 15) is 0 Å². The number of benzene rings is 4. The molecule has 0 N–H and O–H groups in total. The summed E-state index contributed by atoms with van der Waals surface area (Å²) < 4.78 is 2.90. The van der Waals surface area contributed by atoms with Gasteiger partial charge in [-0.15, -0.1) is 22.7 Å². The van der Waals surface area contributed by atoms with Crippen molar-refractivity contribution in [2.45, 2.75) is 194 Å². The molecule has 0 aliphatic heterocycles. The van der Waals surface area contributed by atoms with Gasteiger partial charge < -0.3 is 0 Å². The normalized spacial score (nSPS) is 12.1. The molecule has 0 radical (unpaired) electrons. The number of fused-ring (bicyclic) bond motifs is 7. The van der Waals surface area contributed by atoms with Gasteiger partial charge in [0.1, 0.15) is 0 Å². The van der Waals surface area contributed by atoms with Crippen molar-refractivity contribution in [3.05, 3.63) is 70.4 Å². The van der Waals surface area contributed by atoms with Crippen molar-refractivity contribution in [3.63, 3.8) is 0 Å². The number of thiophene rings is 2. The number of unbranched alkanes of at least 4 members (excludes halogenated alkanes) is 24. The maximum absolute atomic E-state index is 2.49. The van der Waals surface area contributed by atoms with E-state index in [4.69, 9.17) is 0 Å². The van der Waals surface area contributed by atoms with Crippen LogP contribution in [-0.4, -0.2) is 0 Å². The first-order chi connectivity index (χ1) is 26.7. The van der Waals surface area contributed by atoms with Gasteiger partial charge in [0.05, 0.1) is 0 Å². The van der Waals surface area contributed by atoms with Gasteiger partial charge in [-0.25, -0.2) is 0 Å². The number of hydrogen-bond acceptors (Lipinski definition) is 2. The topological polar surface area (TPSA) is 0 Å². The zero-order valence-corrected chi connectivity index (χ0v) is 36.0. The first kappa shape index (κ1) is 41.2. The fourth-order valence-corrected chi connectivity index (χ4v) is 11.2. The van der Waals surface area contributed by atoms with Crippen LogP contribution in [0.2, 0.25) is 0 Å². The Labute approximate surface area is 337 Å². The van der Waals surface area contributed by atoms with Gasteiger partial charge >= 0.3 is 0 Å². The quantitative estimate of drug-likeness (QED) is 0.0345. The third-order valence-corrected chi connectivity index (χ3v) is 14.6. The monoisotopic (exact) mass is 761 g/mol. The van der Waals surface area contributed by atoms with Crippen LogP contribution >= 0.6 is 22.7 Å². The van der Waals surface area contributed by atoms with Crippen LogP contribution in [0.5, 0.6) is 0 Å². The number of rotatable bonds is 28. The van der Waals surface area contributed by atoms with Crippen LogP contribution in [0.1, 0.15) is 191 Å². The van der Waals surface area contributed by atoms with E-state index in [2.05, 4.69) is 74.5 Å². The summed E-state index contributed by atoms with van der Waals surface area (Å²) >= 11 is 4.05. The predicted molar refractivity (Wildman–Crippen MR) is 249 cm³/mol. The summed E-state index contributed by atoms with van der Waals surface area (Å²) in [6.07, 6.45) is 39.4. The molecule has 0 amide bonds. The first-order valence-electron chi connectivity index (χ1n) is 23.0. The largest absolute Gasteiger partial charge is 0.140 e. The highest BCUT2D eigenvalue weighted by Crippen LogP contribution is 2.39. The molecule has 0 aliphatic carbocycles. The van der Waals surface area contributed by atoms with Gasteiger partial charge in [-0.3, -0.25) is 0 Å². The first-order valence-corrected chi connectivity index (χ1v) is 24.6. The zero-order valence-electron chi connectivity index (χ0n) is 34.4. The van der Waals surface area contributed by atoms with Gasteiger partial charge in [0, 0.05) is 19.2 Å². The Morgan fingerprint density at radius 3 is 0.944 bits per heavy atom. The highest BCUT2D eigenvalue weighted by Gasteiger charge is 2.11. The zero-order chi connectivity index (χ0) is 37.2. The SMILES string of the molecule is CCCCCCCCCCCCCCCc1cc2cc3c(ccc4c5cc6cc(CCCCCCCCCCCCCCC)sc6cc5ccc34)cc2s1. The second-order valence-electron chi connectivity index (χ2n) is 16.9. The summed E-state index contributed by atoms with van der Waals surface area (Å²) in [6, 6.07) is 24.4. The molecule has 6 rings (SSSR count). The minimum absolute atomic E-state index is 1.23. The molecule has 0 aliphatic rings. The average Bonchev–Trinajstić information content (AvgIpc) is 3.78. The number of hydrogen-bond donors (Lipinski definition) is 0. The van der Waals surface area contributed by atoms with Gasteiger partial charge in [0.15, 0.2) is 0 Å². The molecule has 0 unspecified atom stereocenters. The molecule has 0 bridgehead atoms. The van der Waals surface area contributed by atoms with Crippen LogP contribution in [0.4, 0.5) is 0 Å². The second kappa shape index (κ2) is 23.0. The van der Waals surface area contributed by atoms with Crippen molar-refractivity contribution >= 4 is 75.2 Å². The van der Waals surface area contributed by atoms with Crippen molar-refractivity contribution in [1.82, 2.24) is 0 Å². The maximum atomic E-state index is 2.49. The van der Waals surface area contributed by atoms with E-state index in [1.807, 2.05) is 22.7 Å². The summed E-state index contributed by atoms with van der Waals surface area (Å²) in [4.78, 5) is 3.13. The molecular formula is C52H72S2. The van der Waals surface area contributed by atoms with E-state index in [0.717, 1.165) is 0 Å². The highest BCUT2D eigenvalue weighted by molar-refractivity contribution is 7.19. The minimum Gasteiger partial charge on any atom is -0.140 e. The molecule has 2 aromatic heterocycles. The van der Waals surface area contributed by atoms with Crippen LogP contribution in [0.15, 0.2) is 60.7 Å². The molecule has 0 spiro atoms. The van der Waals surface area contributed by atoms with Gasteiger partial charge in [-0.1, -0.05) is 192 Å². The molecule has 292 valence electrons. The molecule has 4 aromatic carbocycles. The molecule has 0 atom stereocenters. The molecule has 2 heteroatoms. The van der Waals surface area contributed by atoms with Gasteiger partial charge in [-0.05, 0) is 105 Å². The Kier molecular flexibility index (Phi) is 17.5. The number of aryl methyl sites for hydroxylation is 2. The summed E-state index contributed by atoms with van der Waals surface area (Å²) in [5, 5.41) is 11.2. The predicted octanol–water partition coefficient (Wildman–Crippen LogP) is 18.8. The molecule has 0 saturated carbocycles. The second-order valence-corrected chi connectivity index (χ2v) is 19.2. The van der Waals surface area contributed by atoms with E-state index in [1.54, 1.807) is 9.75 Å². The Morgan fingerprint density at radius 2 is 0.611 bits per heavy atom. The molecule has 0 nitrogen and oxygen atoms in total. The van der Waals surface area contributed by atoms with Crippen molar-refractivity contribution in [2.24, 2.45) is 0 Å². The van der Waals surface area contributed by atoms with Crippen LogP contribution in [0, 0.1) is 0 Å². The lowest BCUT2D eigenvalue weighted by Crippen LogP contribution is -1.84. The Balaban J connectivity index is 0.968. The van der Waals surface area contributed by atoms with Crippen LogP contribution in [-0.2, 0) is 12.8 Å². The molecule has 54 heavy (non-hydrogen) atoms. The van der Waals surface area contributed by atoms with Gasteiger partial charge in [0.25, 0.3) is 0 Å². The van der Waals surface area contributed by atoms with Crippen LogP contribution in [0.25, 0.3) is 52.5 Å². The van der Waals surface area contributed by atoms with E-state index < -0.39 is 0 Å². The Bertz CT molecular complexity index is 1830. The van der Waals surface area contributed by atoms with Crippen LogP contribution in [0.3, 0.4) is 0 Å². The van der Waals surface area contributed by atoms with Gasteiger partial charge in [0.2, 0.25) is 0 Å². The smallest absolute Gasteiger partial charge is 0.0352 e. The summed E-state index contributed by atoms with van der Waals surface area (Å²) in [7, 11) is 0. The van der Waals surface area contributed by atoms with E-state index in [1.165, 1.54) is 232 Å². The minimum atomic E-state index is 1.23. The Morgan fingerprint density at radius 1 is 0.296 bits per heavy atom. The van der Waals surface area contributed by atoms with E-state index in [-0.39, 0.29) is 0 Å². The van der Waals surface area contributed by atoms with Crippen LogP contribution < -0.4 is 0 Å². The third-order valence-electron chi connectivity index (χ3n) is 12.3. The lowest BCUT2D eigenvalue weighted by atomic mass is 9.96. The van der Waals surface area contributed by atoms with Crippen molar-refractivity contribution in [1.29, 1.82) is 0 Å². The van der Waals surface area contributed by atoms with Crippen molar-refractivity contribution < 1.29 is 0 Å². The Hall–Kier alpha value is -2.42.